The summed E-state index contributed by atoms with van der Waals surface area (Å²) in [6.45, 7) is 0.222. The van der Waals surface area contributed by atoms with Gasteiger partial charge in [-0.1, -0.05) is 24.3 Å². The van der Waals surface area contributed by atoms with E-state index >= 15 is 0 Å². The minimum atomic E-state index is -3.28. The molecular formula is C21H20N2O4S. The van der Waals surface area contributed by atoms with E-state index in [2.05, 4.69) is 10.3 Å². The van der Waals surface area contributed by atoms with Gasteiger partial charge in [0.15, 0.2) is 9.84 Å². The zero-order chi connectivity index (χ0) is 20.1. The van der Waals surface area contributed by atoms with Gasteiger partial charge in [0.1, 0.15) is 5.75 Å². The molecule has 7 heteroatoms. The largest absolute Gasteiger partial charge is 0.497 e. The molecule has 2 aromatic carbocycles. The molecule has 28 heavy (non-hydrogen) atoms. The first-order chi connectivity index (χ1) is 13.4. The normalized spacial score (nSPS) is 11.1. The van der Waals surface area contributed by atoms with Gasteiger partial charge in [0.05, 0.1) is 23.3 Å². The number of carbonyl (C=O) groups is 1. The number of pyridine rings is 1. The van der Waals surface area contributed by atoms with Gasteiger partial charge in [-0.3, -0.25) is 9.78 Å². The van der Waals surface area contributed by atoms with Crippen LogP contribution in [-0.4, -0.2) is 32.7 Å². The van der Waals surface area contributed by atoms with Crippen molar-refractivity contribution in [2.45, 2.75) is 11.4 Å². The number of ether oxygens (including phenoxy) is 1. The van der Waals surface area contributed by atoms with Gasteiger partial charge in [-0.05, 0) is 42.0 Å². The molecule has 0 fully saturated rings. The zero-order valence-corrected chi connectivity index (χ0v) is 16.4. The minimum absolute atomic E-state index is 0.222. The molecule has 144 valence electrons. The van der Waals surface area contributed by atoms with E-state index in [0.717, 1.165) is 23.3 Å². The van der Waals surface area contributed by atoms with Crippen molar-refractivity contribution in [3.8, 4) is 17.0 Å². The van der Waals surface area contributed by atoms with Crippen molar-refractivity contribution in [3.05, 3.63) is 78.0 Å². The number of sulfone groups is 1. The molecule has 1 amide bonds. The number of rotatable bonds is 6. The van der Waals surface area contributed by atoms with E-state index in [1.54, 1.807) is 37.4 Å². The Hall–Kier alpha value is -3.19. The summed E-state index contributed by atoms with van der Waals surface area (Å²) in [4.78, 5) is 16.9. The molecule has 0 saturated carbocycles. The molecule has 0 spiro atoms. The second-order valence-corrected chi connectivity index (χ2v) is 8.28. The van der Waals surface area contributed by atoms with Crippen molar-refractivity contribution in [1.82, 2.24) is 10.3 Å². The first-order valence-electron chi connectivity index (χ1n) is 8.54. The highest BCUT2D eigenvalue weighted by Gasteiger charge is 2.10. The second-order valence-electron chi connectivity index (χ2n) is 6.27. The number of nitrogens with one attached hydrogen (secondary N) is 1. The quantitative estimate of drug-likeness (QED) is 0.692. The molecule has 1 aromatic heterocycles. The summed E-state index contributed by atoms with van der Waals surface area (Å²) in [5, 5.41) is 2.78. The molecule has 0 atom stereocenters. The van der Waals surface area contributed by atoms with Gasteiger partial charge in [-0.15, -0.1) is 0 Å². The minimum Gasteiger partial charge on any atom is -0.497 e. The van der Waals surface area contributed by atoms with Crippen molar-refractivity contribution >= 4 is 15.7 Å². The number of aromatic nitrogens is 1. The Labute approximate surface area is 164 Å². The fraction of sp³-hybridized carbons (Fsp3) is 0.143. The summed E-state index contributed by atoms with van der Waals surface area (Å²) >= 11 is 0. The monoisotopic (exact) mass is 396 g/mol. The number of hydrogen-bond acceptors (Lipinski definition) is 5. The molecule has 1 N–H and O–H groups in total. The molecule has 0 saturated heterocycles. The molecule has 0 aliphatic rings. The molecule has 0 aliphatic heterocycles. The number of nitrogens with zero attached hydrogens (tertiary/aromatic N) is 1. The molecule has 6 nitrogen and oxygen atoms in total. The average Bonchev–Trinajstić information content (AvgIpc) is 2.72. The van der Waals surface area contributed by atoms with Gasteiger partial charge in [0.25, 0.3) is 5.91 Å². The highest BCUT2D eigenvalue weighted by atomic mass is 32.2. The summed E-state index contributed by atoms with van der Waals surface area (Å²) in [6, 6.07) is 17.5. The fourth-order valence-corrected chi connectivity index (χ4v) is 3.34. The fourth-order valence-electron chi connectivity index (χ4n) is 2.65. The summed E-state index contributed by atoms with van der Waals surface area (Å²) in [7, 11) is -1.68. The van der Waals surface area contributed by atoms with E-state index in [0.29, 0.717) is 11.1 Å². The highest BCUT2D eigenvalue weighted by molar-refractivity contribution is 7.90. The second kappa shape index (κ2) is 8.22. The first kappa shape index (κ1) is 19.6. The van der Waals surface area contributed by atoms with Gasteiger partial charge < -0.3 is 10.1 Å². The van der Waals surface area contributed by atoms with Crippen LogP contribution in [-0.2, 0) is 16.4 Å². The number of carbonyl (C=O) groups excluding carboxylic acids is 1. The summed E-state index contributed by atoms with van der Waals surface area (Å²) in [5.74, 6) is 0.451. The van der Waals surface area contributed by atoms with Crippen LogP contribution in [0.5, 0.6) is 5.75 Å². The summed E-state index contributed by atoms with van der Waals surface area (Å²) in [5.41, 5.74) is 2.75. The third-order valence-corrected chi connectivity index (χ3v) is 5.28. The molecule has 0 unspecified atom stereocenters. The van der Waals surface area contributed by atoms with E-state index in [1.165, 1.54) is 12.3 Å². The van der Waals surface area contributed by atoms with E-state index in [1.807, 2.05) is 24.3 Å². The van der Waals surface area contributed by atoms with Crippen molar-refractivity contribution in [2.24, 2.45) is 0 Å². The standard InChI is InChI=1S/C21H20N2O4S/c1-27-18-7-4-6-16(12-18)20-10-9-17(14-22-20)21(24)23-13-15-5-3-8-19(11-15)28(2,25)26/h3-12,14H,13H2,1-2H3,(H,23,24). The highest BCUT2D eigenvalue weighted by Crippen LogP contribution is 2.22. The topological polar surface area (TPSA) is 85.4 Å². The van der Waals surface area contributed by atoms with Crippen LogP contribution in [0.3, 0.4) is 0 Å². The van der Waals surface area contributed by atoms with Crippen LogP contribution in [0, 0.1) is 0 Å². The molecular weight excluding hydrogens is 376 g/mol. The molecule has 3 rings (SSSR count). The molecule has 0 bridgehead atoms. The van der Waals surface area contributed by atoms with E-state index in [9.17, 15) is 13.2 Å². The Morgan fingerprint density at radius 2 is 1.86 bits per heavy atom. The zero-order valence-electron chi connectivity index (χ0n) is 15.5. The Balaban J connectivity index is 1.68. The van der Waals surface area contributed by atoms with E-state index in [-0.39, 0.29) is 17.3 Å². The molecule has 1 heterocycles. The van der Waals surface area contributed by atoms with Crippen LogP contribution in [0.2, 0.25) is 0 Å². The van der Waals surface area contributed by atoms with E-state index in [4.69, 9.17) is 4.74 Å². The van der Waals surface area contributed by atoms with Gasteiger partial charge in [0.2, 0.25) is 0 Å². The van der Waals surface area contributed by atoms with Gasteiger partial charge in [-0.2, -0.15) is 0 Å². The number of hydrogen-bond donors (Lipinski definition) is 1. The van der Waals surface area contributed by atoms with Crippen LogP contribution in [0.4, 0.5) is 0 Å². The van der Waals surface area contributed by atoms with Crippen LogP contribution in [0.15, 0.2) is 71.8 Å². The third kappa shape index (κ3) is 4.75. The smallest absolute Gasteiger partial charge is 0.253 e. The third-order valence-electron chi connectivity index (χ3n) is 4.17. The Kier molecular flexibility index (Phi) is 5.75. The SMILES string of the molecule is COc1cccc(-c2ccc(C(=O)NCc3cccc(S(C)(=O)=O)c3)cn2)c1. The van der Waals surface area contributed by atoms with Crippen LogP contribution >= 0.6 is 0 Å². The van der Waals surface area contributed by atoms with Crippen molar-refractivity contribution in [2.75, 3.05) is 13.4 Å². The Morgan fingerprint density at radius 3 is 2.54 bits per heavy atom. The lowest BCUT2D eigenvalue weighted by molar-refractivity contribution is 0.0950. The number of benzene rings is 2. The Morgan fingerprint density at radius 1 is 1.07 bits per heavy atom. The predicted octanol–water partition coefficient (Wildman–Crippen LogP) is 3.09. The lowest BCUT2D eigenvalue weighted by atomic mass is 10.1. The lowest BCUT2D eigenvalue weighted by Gasteiger charge is -2.08. The van der Waals surface area contributed by atoms with Crippen LogP contribution < -0.4 is 10.1 Å². The van der Waals surface area contributed by atoms with Crippen molar-refractivity contribution < 1.29 is 17.9 Å². The van der Waals surface area contributed by atoms with E-state index < -0.39 is 9.84 Å². The maximum absolute atomic E-state index is 12.4. The maximum atomic E-state index is 12.4. The van der Waals surface area contributed by atoms with Crippen LogP contribution in [0.25, 0.3) is 11.3 Å². The van der Waals surface area contributed by atoms with Gasteiger partial charge in [0, 0.05) is 24.6 Å². The van der Waals surface area contributed by atoms with Gasteiger partial charge >= 0.3 is 0 Å². The molecule has 0 aliphatic carbocycles. The lowest BCUT2D eigenvalue weighted by Crippen LogP contribution is -2.23. The van der Waals surface area contributed by atoms with Crippen molar-refractivity contribution in [3.63, 3.8) is 0 Å². The van der Waals surface area contributed by atoms with Crippen molar-refractivity contribution in [1.29, 1.82) is 0 Å². The van der Waals surface area contributed by atoms with Crippen LogP contribution in [0.1, 0.15) is 15.9 Å². The maximum Gasteiger partial charge on any atom is 0.253 e. The number of amides is 1. The summed E-state index contributed by atoms with van der Waals surface area (Å²) in [6.07, 6.45) is 2.66. The van der Waals surface area contributed by atoms with Gasteiger partial charge in [-0.25, -0.2) is 8.42 Å². The molecule has 0 radical (unpaired) electrons. The average molecular weight is 396 g/mol. The first-order valence-corrected chi connectivity index (χ1v) is 10.4. The predicted molar refractivity (Wildman–Crippen MR) is 107 cm³/mol. The Bertz CT molecular complexity index is 1090. The molecule has 3 aromatic rings. The number of methoxy groups -OCH3 is 1. The summed E-state index contributed by atoms with van der Waals surface area (Å²) < 4.78 is 28.5.